The van der Waals surface area contributed by atoms with Crippen molar-refractivity contribution in [1.82, 2.24) is 10.4 Å². The molecule has 1 aliphatic rings. The maximum Gasteiger partial charge on any atom is 1.00 e. The Labute approximate surface area is 454 Å². The first-order valence-electron chi connectivity index (χ1n) is 26.2. The van der Waals surface area contributed by atoms with Crippen LogP contribution in [0.1, 0.15) is 258 Å². The van der Waals surface area contributed by atoms with E-state index < -0.39 is 62.2 Å². The van der Waals surface area contributed by atoms with Gasteiger partial charge in [0.1, 0.15) is 12.7 Å². The second-order valence-corrected chi connectivity index (χ2v) is 19.5. The third-order valence-corrected chi connectivity index (χ3v) is 12.5. The number of hydrogen-bond acceptors (Lipinski definition) is 13. The van der Waals surface area contributed by atoms with Gasteiger partial charge in [0, 0.05) is 44.9 Å². The SMILES string of the molecule is CCCCCCCCCCCCCCCCCC(=O)OC[C@@H](CC(COP(=O)([O-])[O-])NC(=O)CCCC(=O)ON1C(=O)CCC1=O)OC(=O)CCCCCCCCCCCCCCCCC.[Na+].[Na+]. The van der Waals surface area contributed by atoms with E-state index in [1.54, 1.807) is 0 Å². The van der Waals surface area contributed by atoms with Crippen LogP contribution in [0.15, 0.2) is 0 Å². The molecule has 384 valence electrons. The molecule has 0 spiro atoms. The van der Waals surface area contributed by atoms with Crippen LogP contribution in [0.3, 0.4) is 0 Å². The van der Waals surface area contributed by atoms with Crippen molar-refractivity contribution in [2.24, 2.45) is 0 Å². The molecule has 15 nitrogen and oxygen atoms in total. The van der Waals surface area contributed by atoms with Gasteiger partial charge in [0.15, 0.2) is 0 Å². The first-order valence-corrected chi connectivity index (χ1v) is 27.7. The van der Waals surface area contributed by atoms with E-state index in [0.29, 0.717) is 17.9 Å². The van der Waals surface area contributed by atoms with Crippen molar-refractivity contribution >= 4 is 43.5 Å². The van der Waals surface area contributed by atoms with Gasteiger partial charge in [-0.05, 0) is 19.3 Å². The van der Waals surface area contributed by atoms with E-state index in [4.69, 9.17) is 14.3 Å². The summed E-state index contributed by atoms with van der Waals surface area (Å²) in [7, 11) is -5.47. The molecule has 1 unspecified atom stereocenters. The van der Waals surface area contributed by atoms with Crippen molar-refractivity contribution in [3.8, 4) is 0 Å². The van der Waals surface area contributed by atoms with Crippen LogP contribution in [0.25, 0.3) is 0 Å². The summed E-state index contributed by atoms with van der Waals surface area (Å²) >= 11 is 0. The van der Waals surface area contributed by atoms with Crippen molar-refractivity contribution < 1.29 is 121 Å². The van der Waals surface area contributed by atoms with E-state index in [1.807, 2.05) is 0 Å². The third kappa shape index (κ3) is 42.8. The molecule has 0 aromatic carbocycles. The molecule has 0 radical (unpaired) electrons. The number of carbonyl (C=O) groups is 6. The third-order valence-electron chi connectivity index (χ3n) is 12.0. The number of hydroxylamine groups is 2. The Morgan fingerprint density at radius 2 is 0.897 bits per heavy atom. The van der Waals surface area contributed by atoms with E-state index >= 15 is 0 Å². The fourth-order valence-electron chi connectivity index (χ4n) is 8.10. The fraction of sp³-hybridized carbons (Fsp3) is 0.880. The van der Waals surface area contributed by atoms with Gasteiger partial charge in [-0.3, -0.25) is 24.0 Å². The van der Waals surface area contributed by atoms with Gasteiger partial charge < -0.3 is 38.5 Å². The van der Waals surface area contributed by atoms with Crippen LogP contribution in [0.5, 0.6) is 0 Å². The molecule has 3 amide bonds. The standard InChI is InChI=1S/C50H91N2O13P.2Na/c1-3-5-7-9-11-13-15-17-19-21-23-25-27-29-31-35-48(56)62-42-44(64-49(57)36-32-30-28-26-24-22-20-18-16-14-12-10-8-6-4-2)40-43(41-63-66(59,60)61)51-45(53)34-33-37-50(58)65-52-46(54)38-39-47(52)55;;/h43-44H,3-42H2,1-2H3,(H,51,53)(H2,59,60,61);;/q;2*+1/p-2/t43?,44-;;/m1../s1. The Bertz CT molecular complexity index is 1360. The number of phosphoric ester groups is 1. The van der Waals surface area contributed by atoms with E-state index in [9.17, 15) is 43.1 Å². The molecular formula is C50H89N2Na2O13P. The Kier molecular flexibility index (Phi) is 48.0. The smallest absolute Gasteiger partial charge is 0.790 e. The number of amides is 3. The summed E-state index contributed by atoms with van der Waals surface area (Å²) in [4.78, 5) is 102. The average Bonchev–Trinajstić information content (AvgIpc) is 3.59. The molecule has 18 heteroatoms. The van der Waals surface area contributed by atoms with Gasteiger partial charge in [0.2, 0.25) is 5.91 Å². The summed E-state index contributed by atoms with van der Waals surface area (Å²) in [6, 6.07) is -1.15. The van der Waals surface area contributed by atoms with E-state index in [-0.39, 0.29) is 117 Å². The summed E-state index contributed by atoms with van der Waals surface area (Å²) in [5, 5.41) is 2.97. The topological polar surface area (TPSA) is 218 Å². The van der Waals surface area contributed by atoms with Crippen molar-refractivity contribution in [1.29, 1.82) is 0 Å². The molecule has 1 fully saturated rings. The summed E-state index contributed by atoms with van der Waals surface area (Å²) in [6.07, 6.45) is 33.9. The minimum atomic E-state index is -5.47. The predicted molar refractivity (Wildman–Crippen MR) is 251 cm³/mol. The molecule has 1 heterocycles. The van der Waals surface area contributed by atoms with Crippen LogP contribution >= 0.6 is 7.82 Å². The Balaban J connectivity index is 0. The van der Waals surface area contributed by atoms with Crippen molar-refractivity contribution in [2.45, 2.75) is 270 Å². The average molecular weight is 1000 g/mol. The second kappa shape index (κ2) is 47.2. The number of phosphoric acid groups is 1. The number of nitrogens with one attached hydrogen (secondary N) is 1. The second-order valence-electron chi connectivity index (χ2n) is 18.3. The number of esters is 2. The van der Waals surface area contributed by atoms with Gasteiger partial charge in [-0.15, -0.1) is 5.06 Å². The molecule has 0 bridgehead atoms. The molecule has 1 N–H and O–H groups in total. The first kappa shape index (κ1) is 69.2. The van der Waals surface area contributed by atoms with Gasteiger partial charge in [-0.25, -0.2) is 4.79 Å². The number of carbonyl (C=O) groups excluding carboxylic acids is 6. The van der Waals surface area contributed by atoms with Crippen LogP contribution in [0.2, 0.25) is 0 Å². The Morgan fingerprint density at radius 3 is 1.29 bits per heavy atom. The number of ether oxygens (including phenoxy) is 2. The zero-order valence-corrected chi connectivity index (χ0v) is 48.0. The Hall–Kier alpha value is -0.870. The summed E-state index contributed by atoms with van der Waals surface area (Å²) in [6.45, 7) is 3.36. The number of unbranched alkanes of at least 4 members (excludes halogenated alkanes) is 28. The van der Waals surface area contributed by atoms with Crippen molar-refractivity contribution in [3.63, 3.8) is 0 Å². The molecule has 0 aromatic heterocycles. The molecule has 2 atom stereocenters. The van der Waals surface area contributed by atoms with Gasteiger partial charge in [0.25, 0.3) is 11.8 Å². The molecule has 0 saturated carbocycles. The molecule has 1 saturated heterocycles. The summed E-state index contributed by atoms with van der Waals surface area (Å²) < 4.78 is 27.1. The number of imide groups is 1. The zero-order valence-electron chi connectivity index (χ0n) is 43.1. The van der Waals surface area contributed by atoms with Crippen molar-refractivity contribution in [3.05, 3.63) is 0 Å². The largest absolute Gasteiger partial charge is 1.00 e. The maximum atomic E-state index is 13.0. The van der Waals surface area contributed by atoms with Crippen LogP contribution in [0, 0.1) is 0 Å². The first-order chi connectivity index (χ1) is 31.8. The number of hydrogen-bond donors (Lipinski definition) is 1. The van der Waals surface area contributed by atoms with Crippen LogP contribution in [0.4, 0.5) is 0 Å². The number of nitrogens with zero attached hydrogens (tertiary/aromatic N) is 1. The number of rotatable bonds is 46. The molecule has 0 aromatic rings. The summed E-state index contributed by atoms with van der Waals surface area (Å²) in [5.74, 6) is -3.82. The predicted octanol–water partition coefficient (Wildman–Crippen LogP) is 4.47. The molecule has 1 aliphatic heterocycles. The monoisotopic (exact) mass is 1000 g/mol. The van der Waals surface area contributed by atoms with Gasteiger partial charge >= 0.3 is 77.0 Å². The van der Waals surface area contributed by atoms with E-state index in [1.165, 1.54) is 135 Å². The maximum absolute atomic E-state index is 13.0. The van der Waals surface area contributed by atoms with E-state index in [0.717, 1.165) is 44.9 Å². The normalized spacial score (nSPS) is 13.4. The molecule has 1 rings (SSSR count). The van der Waals surface area contributed by atoms with Gasteiger partial charge in [-0.2, -0.15) is 0 Å². The minimum absolute atomic E-state index is 0. The van der Waals surface area contributed by atoms with Crippen molar-refractivity contribution in [2.75, 3.05) is 13.2 Å². The van der Waals surface area contributed by atoms with Crippen LogP contribution < -0.4 is 74.2 Å². The minimum Gasteiger partial charge on any atom is -0.790 e. The van der Waals surface area contributed by atoms with Gasteiger partial charge in [-0.1, -0.05) is 194 Å². The molecular weight excluding hydrogens is 914 g/mol. The Morgan fingerprint density at radius 1 is 0.529 bits per heavy atom. The molecule has 68 heavy (non-hydrogen) atoms. The van der Waals surface area contributed by atoms with E-state index in [2.05, 4.69) is 23.7 Å². The fourth-order valence-corrected chi connectivity index (χ4v) is 8.46. The summed E-state index contributed by atoms with van der Waals surface area (Å²) in [5.41, 5.74) is 0. The zero-order chi connectivity index (χ0) is 48.5. The van der Waals surface area contributed by atoms with Crippen LogP contribution in [-0.4, -0.2) is 66.1 Å². The van der Waals surface area contributed by atoms with Crippen LogP contribution in [-0.2, 0) is 52.2 Å². The van der Waals surface area contributed by atoms with Gasteiger partial charge in [0.05, 0.1) is 20.5 Å². The molecule has 0 aliphatic carbocycles. The quantitative estimate of drug-likeness (QED) is 0.0293.